The first-order valence-corrected chi connectivity index (χ1v) is 5.07. The normalized spacial score (nSPS) is 10.5. The van der Waals surface area contributed by atoms with Crippen LogP contribution in [0.25, 0.3) is 0 Å². The lowest BCUT2D eigenvalue weighted by Gasteiger charge is -2.18. The van der Waals surface area contributed by atoms with Crippen molar-refractivity contribution in [3.05, 3.63) is 0 Å². The lowest BCUT2D eigenvalue weighted by molar-refractivity contribution is 0.199. The second-order valence-electron chi connectivity index (χ2n) is 3.16. The summed E-state index contributed by atoms with van der Waals surface area (Å²) in [5, 5.41) is 11.3. The predicted octanol–water partition coefficient (Wildman–Crippen LogP) is -0.251. The standard InChI is InChI=1S/C9H21N3O2/c1-2-12(7-8-13)6-4-3-5-11-9(10)14/h13H,2-8H2,1H3,(H3,10,11,14). The fraction of sp³-hybridized carbons (Fsp3) is 0.889. The van der Waals surface area contributed by atoms with Crippen molar-refractivity contribution >= 4 is 6.03 Å². The Kier molecular flexibility index (Phi) is 8.27. The average Bonchev–Trinajstić information content (AvgIpc) is 2.15. The van der Waals surface area contributed by atoms with E-state index in [1.165, 1.54) is 0 Å². The first-order valence-electron chi connectivity index (χ1n) is 5.07. The molecule has 0 atom stereocenters. The third-order valence-corrected chi connectivity index (χ3v) is 2.06. The number of nitrogens with zero attached hydrogens (tertiary/aromatic N) is 1. The van der Waals surface area contributed by atoms with Crippen LogP contribution in [0, 0.1) is 0 Å². The van der Waals surface area contributed by atoms with Crippen molar-refractivity contribution in [3.63, 3.8) is 0 Å². The van der Waals surface area contributed by atoms with Gasteiger partial charge in [0.15, 0.2) is 0 Å². The molecular formula is C9H21N3O2. The number of urea groups is 1. The van der Waals surface area contributed by atoms with Crippen LogP contribution in [0.5, 0.6) is 0 Å². The monoisotopic (exact) mass is 203 g/mol. The molecular weight excluding hydrogens is 182 g/mol. The molecule has 0 aromatic rings. The van der Waals surface area contributed by atoms with Gasteiger partial charge in [-0.3, -0.25) is 0 Å². The highest BCUT2D eigenvalue weighted by Crippen LogP contribution is 1.93. The lowest BCUT2D eigenvalue weighted by Crippen LogP contribution is -2.31. The molecule has 0 radical (unpaired) electrons. The van der Waals surface area contributed by atoms with Crippen LogP contribution in [0.3, 0.4) is 0 Å². The Morgan fingerprint density at radius 1 is 1.43 bits per heavy atom. The third kappa shape index (κ3) is 7.82. The van der Waals surface area contributed by atoms with E-state index in [0.717, 1.165) is 32.5 Å². The van der Waals surface area contributed by atoms with E-state index in [2.05, 4.69) is 17.1 Å². The maximum absolute atomic E-state index is 10.3. The Morgan fingerprint density at radius 2 is 2.14 bits per heavy atom. The number of carbonyl (C=O) groups excluding carboxylic acids is 1. The number of nitrogens with two attached hydrogens (primary N) is 1. The molecule has 14 heavy (non-hydrogen) atoms. The van der Waals surface area contributed by atoms with E-state index in [1.807, 2.05) is 0 Å². The highest BCUT2D eigenvalue weighted by atomic mass is 16.3. The van der Waals surface area contributed by atoms with Gasteiger partial charge in [0.2, 0.25) is 0 Å². The second kappa shape index (κ2) is 8.77. The largest absolute Gasteiger partial charge is 0.395 e. The van der Waals surface area contributed by atoms with Gasteiger partial charge in [-0.1, -0.05) is 6.92 Å². The Bertz CT molecular complexity index is 153. The number of rotatable bonds is 8. The maximum Gasteiger partial charge on any atom is 0.312 e. The number of carbonyl (C=O) groups is 1. The smallest absolute Gasteiger partial charge is 0.312 e. The first kappa shape index (κ1) is 13.2. The summed E-state index contributed by atoms with van der Waals surface area (Å²) in [6.45, 7) is 5.53. The van der Waals surface area contributed by atoms with Crippen LogP contribution in [0.15, 0.2) is 0 Å². The Labute approximate surface area is 85.3 Å². The van der Waals surface area contributed by atoms with Crippen molar-refractivity contribution in [2.24, 2.45) is 5.73 Å². The molecule has 0 spiro atoms. The molecule has 0 aliphatic rings. The average molecular weight is 203 g/mol. The molecule has 0 heterocycles. The predicted molar refractivity (Wildman–Crippen MR) is 56.0 cm³/mol. The van der Waals surface area contributed by atoms with Crippen molar-refractivity contribution in [2.75, 3.05) is 32.8 Å². The number of aliphatic hydroxyl groups excluding tert-OH is 1. The molecule has 0 rings (SSSR count). The van der Waals surface area contributed by atoms with Crippen LogP contribution in [0.2, 0.25) is 0 Å². The van der Waals surface area contributed by atoms with E-state index < -0.39 is 6.03 Å². The molecule has 84 valence electrons. The molecule has 4 N–H and O–H groups in total. The number of amides is 2. The van der Waals surface area contributed by atoms with E-state index in [-0.39, 0.29) is 6.61 Å². The fourth-order valence-corrected chi connectivity index (χ4v) is 1.24. The molecule has 2 amide bonds. The number of primary amides is 1. The summed E-state index contributed by atoms with van der Waals surface area (Å²) in [6.07, 6.45) is 1.93. The molecule has 5 heteroatoms. The molecule has 0 saturated heterocycles. The molecule has 0 aromatic carbocycles. The van der Waals surface area contributed by atoms with Crippen molar-refractivity contribution in [3.8, 4) is 0 Å². The summed E-state index contributed by atoms with van der Waals surface area (Å²) in [7, 11) is 0. The molecule has 0 unspecified atom stereocenters. The Morgan fingerprint density at radius 3 is 2.64 bits per heavy atom. The summed E-state index contributed by atoms with van der Waals surface area (Å²) >= 11 is 0. The lowest BCUT2D eigenvalue weighted by atomic mass is 10.3. The van der Waals surface area contributed by atoms with Gasteiger partial charge in [-0.15, -0.1) is 0 Å². The van der Waals surface area contributed by atoms with Crippen molar-refractivity contribution < 1.29 is 9.90 Å². The van der Waals surface area contributed by atoms with Gasteiger partial charge >= 0.3 is 6.03 Å². The fourth-order valence-electron chi connectivity index (χ4n) is 1.24. The SMILES string of the molecule is CCN(CCO)CCCCNC(N)=O. The van der Waals surface area contributed by atoms with Crippen LogP contribution < -0.4 is 11.1 Å². The number of hydrogen-bond acceptors (Lipinski definition) is 3. The van der Waals surface area contributed by atoms with Gasteiger partial charge in [-0.05, 0) is 25.9 Å². The number of unbranched alkanes of at least 4 members (excludes halogenated alkanes) is 1. The molecule has 0 bridgehead atoms. The van der Waals surface area contributed by atoms with Gasteiger partial charge in [0, 0.05) is 13.1 Å². The highest BCUT2D eigenvalue weighted by molar-refractivity contribution is 5.71. The van der Waals surface area contributed by atoms with Gasteiger partial charge in [-0.2, -0.15) is 0 Å². The minimum absolute atomic E-state index is 0.202. The van der Waals surface area contributed by atoms with Crippen LogP contribution in [-0.4, -0.2) is 48.8 Å². The zero-order valence-corrected chi connectivity index (χ0v) is 8.83. The number of nitrogens with one attached hydrogen (secondary N) is 1. The summed E-state index contributed by atoms with van der Waals surface area (Å²) in [6, 6.07) is -0.465. The second-order valence-corrected chi connectivity index (χ2v) is 3.16. The minimum atomic E-state index is -0.465. The number of likely N-dealkylation sites (N-methyl/N-ethyl adjacent to an activating group) is 1. The van der Waals surface area contributed by atoms with E-state index >= 15 is 0 Å². The first-order chi connectivity index (χ1) is 6.70. The molecule has 0 aliphatic heterocycles. The van der Waals surface area contributed by atoms with Gasteiger partial charge in [0.25, 0.3) is 0 Å². The van der Waals surface area contributed by atoms with Crippen LogP contribution in [-0.2, 0) is 0 Å². The Balaban J connectivity index is 3.28. The van der Waals surface area contributed by atoms with E-state index in [1.54, 1.807) is 0 Å². The molecule has 0 aromatic heterocycles. The molecule has 0 fully saturated rings. The van der Waals surface area contributed by atoms with Gasteiger partial charge < -0.3 is 21.1 Å². The van der Waals surface area contributed by atoms with Gasteiger partial charge in [0.1, 0.15) is 0 Å². The van der Waals surface area contributed by atoms with Crippen molar-refractivity contribution in [2.45, 2.75) is 19.8 Å². The number of aliphatic hydroxyl groups is 1. The highest BCUT2D eigenvalue weighted by Gasteiger charge is 2.00. The van der Waals surface area contributed by atoms with Crippen LogP contribution in [0.1, 0.15) is 19.8 Å². The molecule has 0 saturated carbocycles. The number of hydrogen-bond donors (Lipinski definition) is 3. The Hall–Kier alpha value is -0.810. The molecule has 5 nitrogen and oxygen atoms in total. The quantitative estimate of drug-likeness (QED) is 0.476. The van der Waals surface area contributed by atoms with E-state index in [9.17, 15) is 4.79 Å². The van der Waals surface area contributed by atoms with E-state index in [0.29, 0.717) is 6.54 Å². The van der Waals surface area contributed by atoms with E-state index in [4.69, 9.17) is 10.8 Å². The van der Waals surface area contributed by atoms with Gasteiger partial charge in [0.05, 0.1) is 6.61 Å². The summed E-state index contributed by atoms with van der Waals surface area (Å²) < 4.78 is 0. The topological polar surface area (TPSA) is 78.6 Å². The summed E-state index contributed by atoms with van der Waals surface area (Å²) in [5.74, 6) is 0. The zero-order chi connectivity index (χ0) is 10.8. The zero-order valence-electron chi connectivity index (χ0n) is 8.83. The third-order valence-electron chi connectivity index (χ3n) is 2.06. The maximum atomic E-state index is 10.3. The molecule has 0 aliphatic carbocycles. The summed E-state index contributed by atoms with van der Waals surface area (Å²) in [5.41, 5.74) is 4.91. The van der Waals surface area contributed by atoms with Crippen molar-refractivity contribution in [1.82, 2.24) is 10.2 Å². The van der Waals surface area contributed by atoms with Crippen LogP contribution >= 0.6 is 0 Å². The van der Waals surface area contributed by atoms with Crippen molar-refractivity contribution in [1.29, 1.82) is 0 Å². The van der Waals surface area contributed by atoms with Crippen LogP contribution in [0.4, 0.5) is 4.79 Å². The summed E-state index contributed by atoms with van der Waals surface area (Å²) in [4.78, 5) is 12.5. The van der Waals surface area contributed by atoms with Gasteiger partial charge in [-0.25, -0.2) is 4.79 Å². The minimum Gasteiger partial charge on any atom is -0.395 e.